The smallest absolute Gasteiger partial charge is 0.0535 e. The van der Waals surface area contributed by atoms with Crippen molar-refractivity contribution in [3.05, 3.63) is 0 Å². The van der Waals surface area contributed by atoms with Crippen molar-refractivity contribution in [1.29, 1.82) is 0 Å². The van der Waals surface area contributed by atoms with Crippen LogP contribution in [0.15, 0.2) is 0 Å². The maximum atomic E-state index is 1.58. The first-order valence-corrected chi connectivity index (χ1v) is 9.45. The largest absolute Gasteiger partial charge is 0.196 e. The lowest BCUT2D eigenvalue weighted by Gasteiger charge is -2.53. The van der Waals surface area contributed by atoms with Crippen LogP contribution in [0.4, 0.5) is 0 Å². The predicted molar refractivity (Wildman–Crippen MR) is 86.3 cm³/mol. The molecule has 0 saturated heterocycles. The van der Waals surface area contributed by atoms with Crippen molar-refractivity contribution in [2.45, 2.75) is 114 Å². The topological polar surface area (TPSA) is 0 Å². The number of rotatable bonds is 3. The minimum absolute atomic E-state index is 1.12. The van der Waals surface area contributed by atoms with Crippen LogP contribution in [-0.2, 0) is 0 Å². The lowest BCUT2D eigenvalue weighted by atomic mass is 9.24. The highest BCUT2D eigenvalue weighted by Gasteiger charge is 2.28. The van der Waals surface area contributed by atoms with E-state index in [4.69, 9.17) is 0 Å². The van der Waals surface area contributed by atoms with E-state index in [2.05, 4.69) is 0 Å². The fourth-order valence-corrected chi connectivity index (χ4v) is 5.71. The molecule has 0 aromatic rings. The second-order valence-corrected chi connectivity index (χ2v) is 7.77. The van der Waals surface area contributed by atoms with Crippen LogP contribution in [0.5, 0.6) is 0 Å². The van der Waals surface area contributed by atoms with Crippen molar-refractivity contribution in [3.63, 3.8) is 0 Å². The van der Waals surface area contributed by atoms with E-state index < -0.39 is 0 Å². The first kappa shape index (κ1) is 14.0. The molecular formula is C18H33B-. The Hall–Kier alpha value is 0.0649. The van der Waals surface area contributed by atoms with Gasteiger partial charge in [0.1, 0.15) is 0 Å². The SMILES string of the molecule is C1CCC([B-](C2CCCCC2)C2CCCCC2)CC1. The quantitative estimate of drug-likeness (QED) is 0.509. The van der Waals surface area contributed by atoms with E-state index in [0.29, 0.717) is 0 Å². The molecule has 0 unspecified atom stereocenters. The second-order valence-electron chi connectivity index (χ2n) is 7.77. The van der Waals surface area contributed by atoms with E-state index in [1.807, 2.05) is 0 Å². The highest BCUT2D eigenvalue weighted by Crippen LogP contribution is 2.49. The average molecular weight is 260 g/mol. The Kier molecular flexibility index (Phi) is 5.30. The molecule has 0 aromatic carbocycles. The van der Waals surface area contributed by atoms with Crippen molar-refractivity contribution in [1.82, 2.24) is 0 Å². The molecule has 3 aliphatic carbocycles. The summed E-state index contributed by atoms with van der Waals surface area (Å²) in [6, 6.07) is 0. The summed E-state index contributed by atoms with van der Waals surface area (Å²) < 4.78 is 0. The van der Waals surface area contributed by atoms with Crippen LogP contribution in [0, 0.1) is 0 Å². The minimum Gasteiger partial charge on any atom is -0.196 e. The molecule has 3 saturated carbocycles. The molecule has 1 heteroatoms. The number of hydrogen-bond donors (Lipinski definition) is 0. The molecule has 0 bridgehead atoms. The lowest BCUT2D eigenvalue weighted by molar-refractivity contribution is 0.429. The Bertz CT molecular complexity index is 202. The standard InChI is InChI=1S/C18H33B/c1-4-10-16(11-5-1)19(17-12-6-2-7-13-17)18-14-8-3-9-15-18/h16-18H,1-15H2/q-1. The molecule has 0 amide bonds. The van der Waals surface area contributed by atoms with Crippen molar-refractivity contribution in [2.24, 2.45) is 0 Å². The summed E-state index contributed by atoms with van der Waals surface area (Å²) in [5.41, 5.74) is 0. The van der Waals surface area contributed by atoms with Gasteiger partial charge in [-0.1, -0.05) is 96.3 Å². The molecule has 1 radical (unpaired) electrons. The Balaban J connectivity index is 1.68. The zero-order valence-electron chi connectivity index (χ0n) is 12.9. The van der Waals surface area contributed by atoms with Gasteiger partial charge < -0.3 is 0 Å². The van der Waals surface area contributed by atoms with E-state index >= 15 is 0 Å². The summed E-state index contributed by atoms with van der Waals surface area (Å²) in [6.45, 7) is 1.14. The first-order valence-electron chi connectivity index (χ1n) is 9.45. The highest BCUT2D eigenvalue weighted by atomic mass is 14.3. The maximum absolute atomic E-state index is 1.58. The molecule has 3 fully saturated rings. The van der Waals surface area contributed by atoms with Crippen LogP contribution >= 0.6 is 0 Å². The van der Waals surface area contributed by atoms with Gasteiger partial charge in [0.2, 0.25) is 0 Å². The van der Waals surface area contributed by atoms with E-state index in [9.17, 15) is 0 Å². The third-order valence-corrected chi connectivity index (χ3v) is 6.58. The van der Waals surface area contributed by atoms with Crippen LogP contribution < -0.4 is 0 Å². The van der Waals surface area contributed by atoms with Gasteiger partial charge in [0.15, 0.2) is 0 Å². The fraction of sp³-hybridized carbons (Fsp3) is 1.00. The minimum atomic E-state index is 1.12. The molecule has 0 aromatic heterocycles. The van der Waals surface area contributed by atoms with E-state index in [1.54, 1.807) is 77.0 Å². The zero-order valence-corrected chi connectivity index (χ0v) is 12.9. The summed E-state index contributed by atoms with van der Waals surface area (Å²) >= 11 is 0. The van der Waals surface area contributed by atoms with Crippen LogP contribution in [-0.4, -0.2) is 6.71 Å². The molecule has 19 heavy (non-hydrogen) atoms. The fourth-order valence-electron chi connectivity index (χ4n) is 5.71. The monoisotopic (exact) mass is 260 g/mol. The van der Waals surface area contributed by atoms with Crippen LogP contribution in [0.25, 0.3) is 0 Å². The summed E-state index contributed by atoms with van der Waals surface area (Å²) in [5, 5.41) is 0. The molecular weight excluding hydrogens is 227 g/mol. The lowest BCUT2D eigenvalue weighted by Crippen LogP contribution is -2.35. The Morgan fingerprint density at radius 2 is 0.632 bits per heavy atom. The molecule has 0 spiro atoms. The second kappa shape index (κ2) is 7.18. The van der Waals surface area contributed by atoms with Gasteiger partial charge in [0.05, 0.1) is 0 Å². The molecule has 0 heterocycles. The van der Waals surface area contributed by atoms with Gasteiger partial charge in [-0.15, -0.1) is 6.71 Å². The van der Waals surface area contributed by atoms with Crippen molar-refractivity contribution < 1.29 is 0 Å². The molecule has 109 valence electrons. The molecule has 3 rings (SSSR count). The van der Waals surface area contributed by atoms with Gasteiger partial charge in [-0.2, -0.15) is 17.5 Å². The Morgan fingerprint density at radius 1 is 0.368 bits per heavy atom. The van der Waals surface area contributed by atoms with Gasteiger partial charge in [-0.05, 0) is 0 Å². The van der Waals surface area contributed by atoms with Crippen LogP contribution in [0.2, 0.25) is 17.5 Å². The van der Waals surface area contributed by atoms with Crippen LogP contribution in [0.1, 0.15) is 96.3 Å². The van der Waals surface area contributed by atoms with Crippen LogP contribution in [0.3, 0.4) is 0 Å². The normalized spacial score (nSPS) is 28.9. The van der Waals surface area contributed by atoms with Gasteiger partial charge in [-0.25, -0.2) is 0 Å². The molecule has 0 atom stereocenters. The van der Waals surface area contributed by atoms with E-state index in [-0.39, 0.29) is 0 Å². The van der Waals surface area contributed by atoms with E-state index in [1.165, 1.54) is 19.3 Å². The predicted octanol–water partition coefficient (Wildman–Crippen LogP) is 6.48. The summed E-state index contributed by atoms with van der Waals surface area (Å²) in [5.74, 6) is 3.37. The molecule has 3 aliphatic rings. The average Bonchev–Trinajstić information content (AvgIpc) is 2.51. The van der Waals surface area contributed by atoms with Gasteiger partial charge in [-0.3, -0.25) is 0 Å². The highest BCUT2D eigenvalue weighted by molar-refractivity contribution is 6.63. The Labute approximate surface area is 121 Å². The maximum Gasteiger partial charge on any atom is -0.0535 e. The van der Waals surface area contributed by atoms with Crippen molar-refractivity contribution in [2.75, 3.05) is 0 Å². The number of hydrogen-bond acceptors (Lipinski definition) is 0. The van der Waals surface area contributed by atoms with Crippen molar-refractivity contribution in [3.8, 4) is 0 Å². The van der Waals surface area contributed by atoms with E-state index in [0.717, 1.165) is 24.2 Å². The summed E-state index contributed by atoms with van der Waals surface area (Å²) in [6.07, 6.45) is 23.3. The third-order valence-electron chi connectivity index (χ3n) is 6.58. The molecule has 0 nitrogen and oxygen atoms in total. The van der Waals surface area contributed by atoms with Gasteiger partial charge in [0.25, 0.3) is 0 Å². The zero-order chi connectivity index (χ0) is 12.9. The van der Waals surface area contributed by atoms with Gasteiger partial charge in [0, 0.05) is 0 Å². The Morgan fingerprint density at radius 3 is 0.895 bits per heavy atom. The summed E-state index contributed by atoms with van der Waals surface area (Å²) in [4.78, 5) is 0. The molecule has 0 N–H and O–H groups in total. The first-order chi connectivity index (χ1) is 9.45. The molecule has 0 aliphatic heterocycles. The third kappa shape index (κ3) is 3.58. The summed E-state index contributed by atoms with van der Waals surface area (Å²) in [7, 11) is 0. The van der Waals surface area contributed by atoms with Crippen molar-refractivity contribution >= 4 is 6.71 Å². The van der Waals surface area contributed by atoms with Gasteiger partial charge >= 0.3 is 0 Å².